The Bertz CT molecular complexity index is 952. The van der Waals surface area contributed by atoms with E-state index in [0.717, 1.165) is 22.4 Å². The van der Waals surface area contributed by atoms with E-state index in [-0.39, 0.29) is 37.7 Å². The van der Waals surface area contributed by atoms with Crippen molar-refractivity contribution in [3.63, 3.8) is 0 Å². The average molecular weight is 518 g/mol. The number of amides is 1. The smallest absolute Gasteiger partial charge is 0.303 e. The summed E-state index contributed by atoms with van der Waals surface area (Å²) in [4.78, 5) is 22.8. The summed E-state index contributed by atoms with van der Waals surface area (Å²) in [6.45, 7) is 0.116. The van der Waals surface area contributed by atoms with Crippen molar-refractivity contribution in [3.05, 3.63) is 65.2 Å². The van der Waals surface area contributed by atoms with E-state index in [9.17, 15) is 14.7 Å². The lowest BCUT2D eigenvalue weighted by Gasteiger charge is -2.36. The predicted molar refractivity (Wildman–Crippen MR) is 139 cm³/mol. The molecule has 2 aromatic carbocycles. The van der Waals surface area contributed by atoms with E-state index in [1.54, 1.807) is 11.8 Å². The average Bonchev–Trinajstić information content (AvgIpc) is 2.89. The van der Waals surface area contributed by atoms with Gasteiger partial charge in [-0.3, -0.25) is 9.59 Å². The van der Waals surface area contributed by atoms with E-state index in [1.165, 1.54) is 0 Å². The van der Waals surface area contributed by atoms with E-state index in [1.807, 2.05) is 48.5 Å². The SMILES string of the molecule is O=C(O)CCCCCC(=O)Nc1ccc([C@H]2O[C@@H](CSCCO)C[C@@H](c3ccc(CO)cc3)O2)cc1. The molecule has 0 spiro atoms. The van der Waals surface area contributed by atoms with Crippen molar-refractivity contribution in [1.29, 1.82) is 0 Å². The molecular formula is C27H35NO7S. The summed E-state index contributed by atoms with van der Waals surface area (Å²) >= 11 is 1.64. The van der Waals surface area contributed by atoms with E-state index in [0.29, 0.717) is 43.5 Å². The van der Waals surface area contributed by atoms with Crippen LogP contribution >= 0.6 is 11.8 Å². The van der Waals surface area contributed by atoms with Gasteiger partial charge in [0.2, 0.25) is 5.91 Å². The number of thioether (sulfide) groups is 1. The van der Waals surface area contributed by atoms with Crippen molar-refractivity contribution in [3.8, 4) is 0 Å². The number of benzene rings is 2. The fourth-order valence-corrected chi connectivity index (χ4v) is 4.76. The Morgan fingerprint density at radius 1 is 0.917 bits per heavy atom. The third kappa shape index (κ3) is 9.22. The zero-order valence-corrected chi connectivity index (χ0v) is 21.1. The van der Waals surface area contributed by atoms with Crippen LogP contribution in [0.1, 0.15) is 67.6 Å². The van der Waals surface area contributed by atoms with Crippen LogP contribution in [-0.2, 0) is 25.7 Å². The number of rotatable bonds is 14. The number of nitrogens with one attached hydrogen (secondary N) is 1. The standard InChI is InChI=1S/C27H35NO7S/c29-14-15-36-18-23-16-24(20-8-6-19(17-30)7-9-20)35-27(34-23)21-10-12-22(13-11-21)28-25(31)4-2-1-3-5-26(32)33/h6-13,23-24,27,29-30H,1-5,14-18H2,(H,28,31)(H,32,33)/t23-,24+,27+/m1/s1. The van der Waals surface area contributed by atoms with Crippen molar-refractivity contribution < 1.29 is 34.4 Å². The number of aliphatic carboxylic acids is 1. The fraction of sp³-hybridized carbons (Fsp3) is 0.481. The molecule has 0 aromatic heterocycles. The molecule has 0 saturated carbocycles. The highest BCUT2D eigenvalue weighted by Crippen LogP contribution is 2.39. The quantitative estimate of drug-likeness (QED) is 0.271. The molecule has 1 fully saturated rings. The molecule has 2 aromatic rings. The minimum atomic E-state index is -0.813. The summed E-state index contributed by atoms with van der Waals surface area (Å²) in [7, 11) is 0. The fourth-order valence-electron chi connectivity index (χ4n) is 3.99. The van der Waals surface area contributed by atoms with Crippen molar-refractivity contribution in [2.24, 2.45) is 0 Å². The van der Waals surface area contributed by atoms with Crippen molar-refractivity contribution in [2.45, 2.75) is 63.6 Å². The predicted octanol–water partition coefficient (Wildman–Crippen LogP) is 4.42. The molecule has 1 amide bonds. The zero-order valence-electron chi connectivity index (χ0n) is 20.3. The maximum atomic E-state index is 12.2. The van der Waals surface area contributed by atoms with Gasteiger partial charge in [0.25, 0.3) is 0 Å². The van der Waals surface area contributed by atoms with Crippen LogP contribution in [0.25, 0.3) is 0 Å². The number of aliphatic hydroxyl groups is 2. The first-order valence-electron chi connectivity index (χ1n) is 12.3. The van der Waals surface area contributed by atoms with Gasteiger partial charge < -0.3 is 30.1 Å². The third-order valence-electron chi connectivity index (χ3n) is 5.92. The van der Waals surface area contributed by atoms with Crippen molar-refractivity contribution in [2.75, 3.05) is 23.4 Å². The highest BCUT2D eigenvalue weighted by molar-refractivity contribution is 7.99. The molecule has 1 aliphatic rings. The first-order chi connectivity index (χ1) is 17.5. The number of hydrogen-bond acceptors (Lipinski definition) is 7. The maximum Gasteiger partial charge on any atom is 0.303 e. The topological polar surface area (TPSA) is 125 Å². The van der Waals surface area contributed by atoms with Crippen LogP contribution in [0, 0.1) is 0 Å². The number of carbonyl (C=O) groups is 2. The molecule has 3 rings (SSSR count). The van der Waals surface area contributed by atoms with Crippen LogP contribution in [0.2, 0.25) is 0 Å². The summed E-state index contributed by atoms with van der Waals surface area (Å²) in [5.74, 6) is 0.476. The Kier molecular flexibility index (Phi) is 11.7. The van der Waals surface area contributed by atoms with Crippen molar-refractivity contribution in [1.82, 2.24) is 0 Å². The monoisotopic (exact) mass is 517 g/mol. The second-order valence-electron chi connectivity index (χ2n) is 8.77. The second-order valence-corrected chi connectivity index (χ2v) is 9.92. The molecule has 1 aliphatic heterocycles. The molecule has 196 valence electrons. The summed E-state index contributed by atoms with van der Waals surface area (Å²) in [6, 6.07) is 15.1. The van der Waals surface area contributed by atoms with Crippen LogP contribution in [0.5, 0.6) is 0 Å². The first kappa shape index (κ1) is 28.1. The number of ether oxygens (including phenoxy) is 2. The summed E-state index contributed by atoms with van der Waals surface area (Å²) in [5, 5.41) is 30.0. The molecule has 0 radical (unpaired) electrons. The van der Waals surface area contributed by atoms with Crippen molar-refractivity contribution >= 4 is 29.3 Å². The van der Waals surface area contributed by atoms with E-state index in [2.05, 4.69) is 5.32 Å². The van der Waals surface area contributed by atoms with Crippen LogP contribution in [0.15, 0.2) is 48.5 Å². The Morgan fingerprint density at radius 2 is 1.61 bits per heavy atom. The molecule has 0 bridgehead atoms. The largest absolute Gasteiger partial charge is 0.481 e. The summed E-state index contributed by atoms with van der Waals surface area (Å²) in [5.41, 5.74) is 3.38. The summed E-state index contributed by atoms with van der Waals surface area (Å²) < 4.78 is 12.5. The highest BCUT2D eigenvalue weighted by Gasteiger charge is 2.32. The molecule has 9 heteroatoms. The van der Waals surface area contributed by atoms with E-state index >= 15 is 0 Å². The number of anilines is 1. The molecule has 1 heterocycles. The van der Waals surface area contributed by atoms with Gasteiger partial charge in [-0.25, -0.2) is 0 Å². The number of carboxylic acids is 1. The van der Waals surface area contributed by atoms with Crippen LogP contribution < -0.4 is 5.32 Å². The molecule has 36 heavy (non-hydrogen) atoms. The van der Waals surface area contributed by atoms with Gasteiger partial charge in [-0.05, 0) is 36.1 Å². The number of carbonyl (C=O) groups excluding carboxylic acids is 1. The number of unbranched alkanes of at least 4 members (excludes halogenated alkanes) is 2. The number of carboxylic acid groups (broad SMARTS) is 1. The highest BCUT2D eigenvalue weighted by atomic mass is 32.2. The second kappa shape index (κ2) is 15.0. The molecular weight excluding hydrogens is 482 g/mol. The molecule has 0 aliphatic carbocycles. The van der Waals surface area contributed by atoms with E-state index < -0.39 is 12.3 Å². The Balaban J connectivity index is 1.59. The lowest BCUT2D eigenvalue weighted by atomic mass is 10.0. The molecule has 0 unspecified atom stereocenters. The Morgan fingerprint density at radius 3 is 2.28 bits per heavy atom. The lowest BCUT2D eigenvalue weighted by molar-refractivity contribution is -0.245. The number of aliphatic hydroxyl groups excluding tert-OH is 2. The van der Waals surface area contributed by atoms with Crippen LogP contribution in [0.3, 0.4) is 0 Å². The van der Waals surface area contributed by atoms with Gasteiger partial charge in [-0.1, -0.05) is 42.8 Å². The molecule has 3 atom stereocenters. The van der Waals surface area contributed by atoms with Gasteiger partial charge in [-0.2, -0.15) is 11.8 Å². The van der Waals surface area contributed by atoms with Gasteiger partial charge in [0, 0.05) is 42.0 Å². The third-order valence-corrected chi connectivity index (χ3v) is 6.99. The Hall–Kier alpha value is -2.43. The lowest BCUT2D eigenvalue weighted by Crippen LogP contribution is -2.31. The normalized spacial score (nSPS) is 19.7. The maximum absolute atomic E-state index is 12.2. The number of hydrogen-bond donors (Lipinski definition) is 4. The van der Waals surface area contributed by atoms with Crippen LogP contribution in [-0.4, -0.2) is 51.4 Å². The Labute approximate surface area is 216 Å². The van der Waals surface area contributed by atoms with Gasteiger partial charge in [-0.15, -0.1) is 0 Å². The van der Waals surface area contributed by atoms with E-state index in [4.69, 9.17) is 19.7 Å². The zero-order chi connectivity index (χ0) is 25.8. The van der Waals surface area contributed by atoms with Gasteiger partial charge in [0.05, 0.1) is 25.4 Å². The molecule has 4 N–H and O–H groups in total. The molecule has 1 saturated heterocycles. The minimum absolute atomic E-state index is 0.00836. The minimum Gasteiger partial charge on any atom is -0.481 e. The molecule has 8 nitrogen and oxygen atoms in total. The van der Waals surface area contributed by atoms with Gasteiger partial charge >= 0.3 is 5.97 Å². The van der Waals surface area contributed by atoms with Gasteiger partial charge in [0.15, 0.2) is 6.29 Å². The van der Waals surface area contributed by atoms with Gasteiger partial charge in [0.1, 0.15) is 0 Å². The summed E-state index contributed by atoms with van der Waals surface area (Å²) in [6.07, 6.45) is 2.30. The first-order valence-corrected chi connectivity index (χ1v) is 13.4. The van der Waals surface area contributed by atoms with Crippen LogP contribution in [0.4, 0.5) is 5.69 Å².